The second kappa shape index (κ2) is 9.13. The van der Waals surface area contributed by atoms with Crippen molar-refractivity contribution in [3.05, 3.63) is 95.1 Å². The molecule has 0 saturated heterocycles. The number of hydrogen-bond donors (Lipinski definition) is 2. The molecule has 3 aromatic rings. The number of carbonyl (C=O) groups excluding carboxylic acids is 1. The van der Waals surface area contributed by atoms with E-state index >= 15 is 0 Å². The maximum Gasteiger partial charge on any atom is 0.261 e. The number of carbonyl (C=O) groups is 1. The Kier molecular flexibility index (Phi) is 6.57. The van der Waals surface area contributed by atoms with Gasteiger partial charge in [0.05, 0.1) is 10.6 Å². The van der Waals surface area contributed by atoms with E-state index in [0.29, 0.717) is 17.8 Å². The monoisotopic (exact) mass is 422 g/mol. The van der Waals surface area contributed by atoms with Crippen LogP contribution in [0.15, 0.2) is 77.7 Å². The van der Waals surface area contributed by atoms with E-state index in [1.807, 2.05) is 44.2 Å². The van der Waals surface area contributed by atoms with Gasteiger partial charge in [-0.05, 0) is 55.2 Å². The zero-order valence-corrected chi connectivity index (χ0v) is 18.2. The van der Waals surface area contributed by atoms with Crippen LogP contribution < -0.4 is 10.0 Å². The van der Waals surface area contributed by atoms with Crippen LogP contribution in [0.25, 0.3) is 0 Å². The van der Waals surface area contributed by atoms with Crippen LogP contribution in [0, 0.1) is 13.8 Å². The molecule has 1 atom stereocenters. The molecular weight excluding hydrogens is 396 g/mol. The average molecular weight is 423 g/mol. The molecule has 30 heavy (non-hydrogen) atoms. The van der Waals surface area contributed by atoms with Crippen LogP contribution >= 0.6 is 0 Å². The zero-order valence-electron chi connectivity index (χ0n) is 17.3. The molecule has 0 aliphatic heterocycles. The summed E-state index contributed by atoms with van der Waals surface area (Å²) in [5, 5.41) is 2.93. The maximum atomic E-state index is 12.7. The lowest BCUT2D eigenvalue weighted by Gasteiger charge is -2.15. The Hall–Kier alpha value is -3.12. The SMILES string of the molecule is Cc1ccc(S(=O)(=O)Nc2cc(C(=O)NC[C@H](C)c3ccccc3)ccc2C)cc1. The molecule has 156 valence electrons. The minimum Gasteiger partial charge on any atom is -0.351 e. The molecule has 0 aromatic heterocycles. The molecule has 0 bridgehead atoms. The molecule has 0 radical (unpaired) electrons. The second-order valence-electron chi connectivity index (χ2n) is 7.47. The van der Waals surface area contributed by atoms with Gasteiger partial charge in [-0.3, -0.25) is 9.52 Å². The highest BCUT2D eigenvalue weighted by molar-refractivity contribution is 7.92. The van der Waals surface area contributed by atoms with Crippen molar-refractivity contribution in [1.29, 1.82) is 0 Å². The minimum atomic E-state index is -3.74. The van der Waals surface area contributed by atoms with Crippen molar-refractivity contribution in [2.75, 3.05) is 11.3 Å². The Labute approximate surface area is 178 Å². The third kappa shape index (κ3) is 5.27. The quantitative estimate of drug-likeness (QED) is 0.583. The third-order valence-corrected chi connectivity index (χ3v) is 6.39. The minimum absolute atomic E-state index is 0.167. The number of aryl methyl sites for hydroxylation is 2. The summed E-state index contributed by atoms with van der Waals surface area (Å²) >= 11 is 0. The van der Waals surface area contributed by atoms with E-state index < -0.39 is 10.0 Å². The van der Waals surface area contributed by atoms with E-state index in [-0.39, 0.29) is 16.7 Å². The smallest absolute Gasteiger partial charge is 0.261 e. The van der Waals surface area contributed by atoms with Crippen LogP contribution in [0.5, 0.6) is 0 Å². The van der Waals surface area contributed by atoms with Gasteiger partial charge >= 0.3 is 0 Å². The van der Waals surface area contributed by atoms with Crippen molar-refractivity contribution in [2.45, 2.75) is 31.6 Å². The Morgan fingerprint density at radius 2 is 1.60 bits per heavy atom. The number of amides is 1. The first kappa shape index (κ1) is 21.6. The summed E-state index contributed by atoms with van der Waals surface area (Å²) in [6.45, 7) is 6.23. The van der Waals surface area contributed by atoms with Gasteiger partial charge in [-0.25, -0.2) is 8.42 Å². The summed E-state index contributed by atoms with van der Waals surface area (Å²) in [4.78, 5) is 12.8. The lowest BCUT2D eigenvalue weighted by Crippen LogP contribution is -2.27. The van der Waals surface area contributed by atoms with Crippen molar-refractivity contribution in [3.8, 4) is 0 Å². The Bertz CT molecular complexity index is 1120. The highest BCUT2D eigenvalue weighted by Gasteiger charge is 2.17. The Balaban J connectivity index is 1.73. The van der Waals surface area contributed by atoms with Gasteiger partial charge in [0.15, 0.2) is 0 Å². The van der Waals surface area contributed by atoms with E-state index in [2.05, 4.69) is 10.0 Å². The fourth-order valence-electron chi connectivity index (χ4n) is 3.04. The molecular formula is C24H26N2O3S. The number of benzene rings is 3. The summed E-state index contributed by atoms with van der Waals surface area (Å²) < 4.78 is 28.0. The fourth-order valence-corrected chi connectivity index (χ4v) is 4.16. The van der Waals surface area contributed by atoms with Crippen LogP contribution in [-0.2, 0) is 10.0 Å². The van der Waals surface area contributed by atoms with E-state index in [4.69, 9.17) is 0 Å². The van der Waals surface area contributed by atoms with E-state index in [1.54, 1.807) is 49.4 Å². The van der Waals surface area contributed by atoms with Gasteiger partial charge in [-0.15, -0.1) is 0 Å². The molecule has 0 fully saturated rings. The van der Waals surface area contributed by atoms with Crippen LogP contribution in [0.2, 0.25) is 0 Å². The van der Waals surface area contributed by atoms with Gasteiger partial charge in [-0.2, -0.15) is 0 Å². The summed E-state index contributed by atoms with van der Waals surface area (Å²) in [7, 11) is -3.74. The molecule has 0 unspecified atom stereocenters. The first-order valence-electron chi connectivity index (χ1n) is 9.79. The molecule has 2 N–H and O–H groups in total. The lowest BCUT2D eigenvalue weighted by molar-refractivity contribution is 0.0951. The number of rotatable bonds is 7. The van der Waals surface area contributed by atoms with Crippen LogP contribution in [0.3, 0.4) is 0 Å². The first-order chi connectivity index (χ1) is 14.3. The standard InChI is InChI=1S/C24H26N2O3S/c1-17-9-13-22(14-10-17)30(28,29)26-23-15-21(12-11-18(23)2)24(27)25-16-19(3)20-7-5-4-6-8-20/h4-15,19,26H,16H2,1-3H3,(H,25,27)/t19-/m0/s1. The van der Waals surface area contributed by atoms with Gasteiger partial charge in [0.2, 0.25) is 0 Å². The average Bonchev–Trinajstić information content (AvgIpc) is 2.74. The van der Waals surface area contributed by atoms with E-state index in [0.717, 1.165) is 16.7 Å². The van der Waals surface area contributed by atoms with Gasteiger partial charge in [-0.1, -0.05) is 61.0 Å². The molecule has 0 aliphatic carbocycles. The van der Waals surface area contributed by atoms with Crippen molar-refractivity contribution in [1.82, 2.24) is 5.32 Å². The van der Waals surface area contributed by atoms with Gasteiger partial charge in [0, 0.05) is 12.1 Å². The molecule has 0 spiro atoms. The number of hydrogen-bond acceptors (Lipinski definition) is 3. The molecule has 1 amide bonds. The topological polar surface area (TPSA) is 75.3 Å². The van der Waals surface area contributed by atoms with E-state index in [1.165, 1.54) is 0 Å². The van der Waals surface area contributed by atoms with E-state index in [9.17, 15) is 13.2 Å². The molecule has 0 aliphatic rings. The first-order valence-corrected chi connectivity index (χ1v) is 11.3. The Morgan fingerprint density at radius 3 is 2.27 bits per heavy atom. The van der Waals surface area contributed by atoms with Crippen molar-refractivity contribution < 1.29 is 13.2 Å². The van der Waals surface area contributed by atoms with Crippen molar-refractivity contribution in [3.63, 3.8) is 0 Å². The van der Waals surface area contributed by atoms with Crippen LogP contribution in [0.1, 0.15) is 39.9 Å². The Morgan fingerprint density at radius 1 is 0.933 bits per heavy atom. The molecule has 0 heterocycles. The second-order valence-corrected chi connectivity index (χ2v) is 9.15. The van der Waals surface area contributed by atoms with Gasteiger partial charge in [0.1, 0.15) is 0 Å². The van der Waals surface area contributed by atoms with Crippen LogP contribution in [0.4, 0.5) is 5.69 Å². The fraction of sp³-hybridized carbons (Fsp3) is 0.208. The third-order valence-electron chi connectivity index (χ3n) is 5.01. The molecule has 3 rings (SSSR count). The molecule has 5 nitrogen and oxygen atoms in total. The van der Waals surface area contributed by atoms with Gasteiger partial charge < -0.3 is 5.32 Å². The summed E-state index contributed by atoms with van der Waals surface area (Å²) in [6.07, 6.45) is 0. The lowest BCUT2D eigenvalue weighted by atomic mass is 10.0. The zero-order chi connectivity index (χ0) is 21.7. The molecule has 0 saturated carbocycles. The maximum absolute atomic E-state index is 12.7. The highest BCUT2D eigenvalue weighted by Crippen LogP contribution is 2.22. The number of anilines is 1. The van der Waals surface area contributed by atoms with Crippen LogP contribution in [-0.4, -0.2) is 20.9 Å². The normalized spacial score (nSPS) is 12.2. The highest BCUT2D eigenvalue weighted by atomic mass is 32.2. The molecule has 6 heteroatoms. The summed E-state index contributed by atoms with van der Waals surface area (Å²) in [6, 6.07) is 21.6. The van der Waals surface area contributed by atoms with Gasteiger partial charge in [0.25, 0.3) is 15.9 Å². The van der Waals surface area contributed by atoms with Crippen molar-refractivity contribution in [2.24, 2.45) is 0 Å². The largest absolute Gasteiger partial charge is 0.351 e. The van der Waals surface area contributed by atoms with Crippen molar-refractivity contribution >= 4 is 21.6 Å². The predicted molar refractivity (Wildman–Crippen MR) is 120 cm³/mol. The predicted octanol–water partition coefficient (Wildman–Crippen LogP) is 4.64. The number of sulfonamides is 1. The summed E-state index contributed by atoms with van der Waals surface area (Å²) in [5.74, 6) is -0.0753. The summed E-state index contributed by atoms with van der Waals surface area (Å²) in [5.41, 5.74) is 3.66. The molecule has 3 aromatic carbocycles. The number of nitrogens with one attached hydrogen (secondary N) is 2.